The lowest BCUT2D eigenvalue weighted by molar-refractivity contribution is -0.155. The van der Waals surface area contributed by atoms with E-state index < -0.39 is 46.4 Å². The Labute approximate surface area is 132 Å². The minimum atomic E-state index is -5.10. The van der Waals surface area contributed by atoms with E-state index in [-0.39, 0.29) is 0 Å². The average molecular weight is 346 g/mol. The van der Waals surface area contributed by atoms with E-state index in [4.69, 9.17) is 0 Å². The van der Waals surface area contributed by atoms with E-state index in [1.807, 2.05) is 0 Å². The standard InChI is InChI=1S/C15H11F5N2O2/c1-7-5-6-9(13(23)21-7)14(24)22-12(15(18,19)20)8-3-2-4-10(16)11(8)17/h2-6,12H,1H3,(H,21,23)(H,22,24)/t12-/m0/s1. The van der Waals surface area contributed by atoms with Crippen molar-refractivity contribution in [1.29, 1.82) is 0 Å². The van der Waals surface area contributed by atoms with Gasteiger partial charge in [-0.3, -0.25) is 9.59 Å². The summed E-state index contributed by atoms with van der Waals surface area (Å²) in [6.45, 7) is 1.52. The SMILES string of the molecule is Cc1ccc(C(=O)N[C@@H](c2cccc(F)c2F)C(F)(F)F)c(=O)[nH]1. The highest BCUT2D eigenvalue weighted by Gasteiger charge is 2.44. The van der Waals surface area contributed by atoms with Gasteiger partial charge in [0.15, 0.2) is 17.7 Å². The number of aromatic nitrogens is 1. The first-order chi connectivity index (χ1) is 11.1. The summed E-state index contributed by atoms with van der Waals surface area (Å²) in [4.78, 5) is 25.9. The molecule has 0 saturated carbocycles. The molecule has 0 fully saturated rings. The number of pyridine rings is 1. The van der Waals surface area contributed by atoms with Crippen LogP contribution in [-0.4, -0.2) is 17.1 Å². The second-order valence-corrected chi connectivity index (χ2v) is 4.98. The number of H-pyrrole nitrogens is 1. The Balaban J connectivity index is 2.42. The zero-order valence-corrected chi connectivity index (χ0v) is 12.2. The summed E-state index contributed by atoms with van der Waals surface area (Å²) in [6.07, 6.45) is -5.10. The van der Waals surface area contributed by atoms with Crippen LogP contribution >= 0.6 is 0 Å². The van der Waals surface area contributed by atoms with Gasteiger partial charge in [-0.25, -0.2) is 8.78 Å². The van der Waals surface area contributed by atoms with Gasteiger partial charge in [0.25, 0.3) is 11.5 Å². The quantitative estimate of drug-likeness (QED) is 0.840. The third-order valence-corrected chi connectivity index (χ3v) is 3.20. The van der Waals surface area contributed by atoms with Gasteiger partial charge in [0, 0.05) is 11.3 Å². The van der Waals surface area contributed by atoms with Crippen molar-refractivity contribution >= 4 is 5.91 Å². The predicted molar refractivity (Wildman–Crippen MR) is 74.4 cm³/mol. The Morgan fingerprint density at radius 1 is 1.17 bits per heavy atom. The number of amides is 1. The maximum atomic E-state index is 13.7. The van der Waals surface area contributed by atoms with Gasteiger partial charge in [0.05, 0.1) is 0 Å². The number of rotatable bonds is 3. The molecule has 0 aliphatic rings. The maximum Gasteiger partial charge on any atom is 0.412 e. The van der Waals surface area contributed by atoms with Crippen LogP contribution < -0.4 is 10.9 Å². The number of benzene rings is 1. The Hall–Kier alpha value is -2.71. The van der Waals surface area contributed by atoms with Crippen LogP contribution in [0.5, 0.6) is 0 Å². The van der Waals surface area contributed by atoms with Gasteiger partial charge in [0.1, 0.15) is 5.56 Å². The van der Waals surface area contributed by atoms with E-state index >= 15 is 0 Å². The number of aromatic amines is 1. The number of carbonyl (C=O) groups is 1. The van der Waals surface area contributed by atoms with Crippen LogP contribution in [-0.2, 0) is 0 Å². The summed E-state index contributed by atoms with van der Waals surface area (Å²) in [5, 5.41) is 1.53. The predicted octanol–water partition coefficient (Wildman–Crippen LogP) is 2.99. The molecule has 0 bridgehead atoms. The fraction of sp³-hybridized carbons (Fsp3) is 0.200. The fourth-order valence-electron chi connectivity index (χ4n) is 2.04. The first kappa shape index (κ1) is 17.6. The van der Waals surface area contributed by atoms with Crippen molar-refractivity contribution in [3.05, 3.63) is 69.1 Å². The summed E-state index contributed by atoms with van der Waals surface area (Å²) in [6, 6.07) is 1.80. The van der Waals surface area contributed by atoms with Gasteiger partial charge in [-0.15, -0.1) is 0 Å². The molecule has 1 heterocycles. The highest BCUT2D eigenvalue weighted by atomic mass is 19.4. The van der Waals surface area contributed by atoms with Crippen molar-refractivity contribution in [2.24, 2.45) is 0 Å². The van der Waals surface area contributed by atoms with Crippen LogP contribution in [0.1, 0.15) is 27.7 Å². The molecule has 2 N–H and O–H groups in total. The molecule has 0 saturated heterocycles. The zero-order valence-electron chi connectivity index (χ0n) is 12.2. The fourth-order valence-corrected chi connectivity index (χ4v) is 2.04. The van der Waals surface area contributed by atoms with Crippen LogP contribution in [0.2, 0.25) is 0 Å². The second-order valence-electron chi connectivity index (χ2n) is 4.98. The highest BCUT2D eigenvalue weighted by Crippen LogP contribution is 2.34. The number of hydrogen-bond donors (Lipinski definition) is 2. The minimum absolute atomic E-state index is 0.403. The van der Waals surface area contributed by atoms with Crippen molar-refractivity contribution in [1.82, 2.24) is 10.3 Å². The van der Waals surface area contributed by atoms with Crippen molar-refractivity contribution < 1.29 is 26.7 Å². The third-order valence-electron chi connectivity index (χ3n) is 3.20. The summed E-state index contributed by atoms with van der Waals surface area (Å²) in [5.41, 5.74) is -2.15. The smallest absolute Gasteiger partial charge is 0.336 e. The van der Waals surface area contributed by atoms with E-state index in [0.717, 1.165) is 12.1 Å². The van der Waals surface area contributed by atoms with Crippen LogP contribution in [0.25, 0.3) is 0 Å². The van der Waals surface area contributed by atoms with Gasteiger partial charge in [-0.05, 0) is 25.1 Å². The molecule has 0 aliphatic carbocycles. The van der Waals surface area contributed by atoms with Gasteiger partial charge < -0.3 is 10.3 Å². The molecule has 2 aromatic rings. The van der Waals surface area contributed by atoms with Crippen LogP contribution in [0.3, 0.4) is 0 Å². The first-order valence-electron chi connectivity index (χ1n) is 6.62. The Morgan fingerprint density at radius 2 is 1.83 bits per heavy atom. The molecule has 1 amide bonds. The molecular weight excluding hydrogens is 335 g/mol. The van der Waals surface area contributed by atoms with E-state index in [9.17, 15) is 31.5 Å². The molecule has 2 rings (SSSR count). The lowest BCUT2D eigenvalue weighted by Crippen LogP contribution is -2.40. The molecule has 0 radical (unpaired) electrons. The van der Waals surface area contributed by atoms with E-state index in [2.05, 4.69) is 4.98 Å². The van der Waals surface area contributed by atoms with Gasteiger partial charge in [-0.1, -0.05) is 12.1 Å². The van der Waals surface area contributed by atoms with Crippen LogP contribution in [0, 0.1) is 18.6 Å². The lowest BCUT2D eigenvalue weighted by Gasteiger charge is -2.22. The average Bonchev–Trinajstić information content (AvgIpc) is 2.46. The lowest BCUT2D eigenvalue weighted by atomic mass is 10.0. The highest BCUT2D eigenvalue weighted by molar-refractivity contribution is 5.94. The number of alkyl halides is 3. The topological polar surface area (TPSA) is 62.0 Å². The molecule has 0 spiro atoms. The molecule has 4 nitrogen and oxygen atoms in total. The van der Waals surface area contributed by atoms with Crippen molar-refractivity contribution in [2.45, 2.75) is 19.1 Å². The number of halogens is 5. The maximum absolute atomic E-state index is 13.7. The second kappa shape index (κ2) is 6.42. The number of carbonyl (C=O) groups excluding carboxylic acids is 1. The Bertz CT molecular complexity index is 829. The van der Waals surface area contributed by atoms with Gasteiger partial charge in [-0.2, -0.15) is 13.2 Å². The van der Waals surface area contributed by atoms with Crippen LogP contribution in [0.4, 0.5) is 22.0 Å². The summed E-state index contributed by atoms with van der Waals surface area (Å²) in [5.74, 6) is -4.57. The normalized spacial score (nSPS) is 12.8. The molecule has 1 aromatic heterocycles. The molecule has 9 heteroatoms. The zero-order chi connectivity index (χ0) is 18.1. The molecule has 0 unspecified atom stereocenters. The summed E-state index contributed by atoms with van der Waals surface area (Å²) >= 11 is 0. The Kier molecular flexibility index (Phi) is 4.72. The number of hydrogen-bond acceptors (Lipinski definition) is 2. The minimum Gasteiger partial charge on any atom is -0.336 e. The van der Waals surface area contributed by atoms with Gasteiger partial charge >= 0.3 is 6.18 Å². The first-order valence-corrected chi connectivity index (χ1v) is 6.62. The molecule has 128 valence electrons. The monoisotopic (exact) mass is 346 g/mol. The van der Waals surface area contributed by atoms with E-state index in [1.54, 1.807) is 0 Å². The Morgan fingerprint density at radius 3 is 2.42 bits per heavy atom. The third kappa shape index (κ3) is 3.61. The summed E-state index contributed by atoms with van der Waals surface area (Å²) in [7, 11) is 0. The number of aryl methyl sites for hydroxylation is 1. The van der Waals surface area contributed by atoms with Crippen LogP contribution in [0.15, 0.2) is 35.1 Å². The van der Waals surface area contributed by atoms with Crippen molar-refractivity contribution in [3.63, 3.8) is 0 Å². The number of nitrogens with one attached hydrogen (secondary N) is 2. The van der Waals surface area contributed by atoms with Gasteiger partial charge in [0.2, 0.25) is 0 Å². The van der Waals surface area contributed by atoms with E-state index in [1.165, 1.54) is 18.3 Å². The largest absolute Gasteiger partial charge is 0.412 e. The molecule has 0 aliphatic heterocycles. The van der Waals surface area contributed by atoms with E-state index in [0.29, 0.717) is 17.8 Å². The molecular formula is C15H11F5N2O2. The van der Waals surface area contributed by atoms with Crippen molar-refractivity contribution in [3.8, 4) is 0 Å². The molecule has 24 heavy (non-hydrogen) atoms. The molecule has 1 aromatic carbocycles. The summed E-state index contributed by atoms with van der Waals surface area (Å²) < 4.78 is 66.4. The van der Waals surface area contributed by atoms with Crippen molar-refractivity contribution in [2.75, 3.05) is 0 Å². The molecule has 1 atom stereocenters.